The van der Waals surface area contributed by atoms with Crippen molar-refractivity contribution in [1.82, 2.24) is 15.0 Å². The Morgan fingerprint density at radius 1 is 1.11 bits per heavy atom. The SMILES string of the molecule is COc1ccc(CN2CC(O)CC2c2nc(Cc3ccccc3)no2)cc1. The Hall–Kier alpha value is -2.70. The van der Waals surface area contributed by atoms with Crippen molar-refractivity contribution in [2.75, 3.05) is 13.7 Å². The molecule has 6 heteroatoms. The van der Waals surface area contributed by atoms with Crippen molar-refractivity contribution in [2.24, 2.45) is 0 Å². The van der Waals surface area contributed by atoms with Gasteiger partial charge in [0.25, 0.3) is 0 Å². The quantitative estimate of drug-likeness (QED) is 0.724. The van der Waals surface area contributed by atoms with E-state index >= 15 is 0 Å². The molecule has 1 aromatic heterocycles. The topological polar surface area (TPSA) is 71.6 Å². The van der Waals surface area contributed by atoms with Gasteiger partial charge < -0.3 is 14.4 Å². The fourth-order valence-electron chi connectivity index (χ4n) is 3.53. The summed E-state index contributed by atoms with van der Waals surface area (Å²) in [7, 11) is 1.66. The molecule has 0 aliphatic carbocycles. The van der Waals surface area contributed by atoms with E-state index in [0.717, 1.165) is 16.9 Å². The van der Waals surface area contributed by atoms with E-state index in [4.69, 9.17) is 9.26 Å². The number of aliphatic hydroxyl groups excluding tert-OH is 1. The third-order valence-electron chi connectivity index (χ3n) is 4.90. The maximum absolute atomic E-state index is 10.2. The zero-order chi connectivity index (χ0) is 18.6. The van der Waals surface area contributed by atoms with E-state index in [1.807, 2.05) is 54.6 Å². The summed E-state index contributed by atoms with van der Waals surface area (Å²) >= 11 is 0. The molecule has 3 aromatic rings. The second-order valence-electron chi connectivity index (χ2n) is 6.89. The molecule has 2 atom stereocenters. The van der Waals surface area contributed by atoms with E-state index < -0.39 is 6.10 Å². The second-order valence-corrected chi connectivity index (χ2v) is 6.89. The van der Waals surface area contributed by atoms with Crippen LogP contribution >= 0.6 is 0 Å². The maximum atomic E-state index is 10.2. The first-order valence-corrected chi connectivity index (χ1v) is 9.12. The summed E-state index contributed by atoms with van der Waals surface area (Å²) in [5, 5.41) is 14.3. The lowest BCUT2D eigenvalue weighted by molar-refractivity contribution is 0.169. The third kappa shape index (κ3) is 4.18. The molecule has 140 valence electrons. The number of hydrogen-bond acceptors (Lipinski definition) is 6. The number of benzene rings is 2. The van der Waals surface area contributed by atoms with E-state index in [2.05, 4.69) is 15.0 Å². The summed E-state index contributed by atoms with van der Waals surface area (Å²) in [5.41, 5.74) is 2.30. The number of β-amino-alcohol motifs (C(OH)–C–C–N with tert-alkyl or cyclic N) is 1. The number of rotatable bonds is 6. The molecule has 0 amide bonds. The van der Waals surface area contributed by atoms with Crippen molar-refractivity contribution in [3.8, 4) is 5.75 Å². The lowest BCUT2D eigenvalue weighted by Crippen LogP contribution is -2.24. The first kappa shape index (κ1) is 17.7. The van der Waals surface area contributed by atoms with Crippen LogP contribution in [0, 0.1) is 0 Å². The smallest absolute Gasteiger partial charge is 0.244 e. The first-order valence-electron chi connectivity index (χ1n) is 9.12. The van der Waals surface area contributed by atoms with Gasteiger partial charge in [-0.05, 0) is 29.7 Å². The molecule has 1 aliphatic heterocycles. The minimum atomic E-state index is -0.391. The Bertz CT molecular complexity index is 864. The molecule has 0 saturated carbocycles. The first-order chi connectivity index (χ1) is 13.2. The van der Waals surface area contributed by atoms with Gasteiger partial charge in [0.05, 0.1) is 19.3 Å². The number of methoxy groups -OCH3 is 1. The Labute approximate surface area is 158 Å². The average molecular weight is 365 g/mol. The van der Waals surface area contributed by atoms with Crippen molar-refractivity contribution >= 4 is 0 Å². The third-order valence-corrected chi connectivity index (χ3v) is 4.90. The summed E-state index contributed by atoms with van der Waals surface area (Å²) in [6, 6.07) is 18.0. The van der Waals surface area contributed by atoms with Gasteiger partial charge in [-0.2, -0.15) is 4.98 Å². The minimum absolute atomic E-state index is 0.0703. The zero-order valence-electron chi connectivity index (χ0n) is 15.3. The molecule has 1 fully saturated rings. The van der Waals surface area contributed by atoms with Gasteiger partial charge in [-0.25, -0.2) is 0 Å². The van der Waals surface area contributed by atoms with Crippen LogP contribution in [0.3, 0.4) is 0 Å². The number of aromatic nitrogens is 2. The highest BCUT2D eigenvalue weighted by Crippen LogP contribution is 2.33. The van der Waals surface area contributed by atoms with Gasteiger partial charge in [0.15, 0.2) is 5.82 Å². The standard InChI is InChI=1S/C21H23N3O3/c1-26-18-9-7-16(8-10-18)13-24-14-17(25)12-19(24)21-22-20(23-27-21)11-15-5-3-2-4-6-15/h2-10,17,19,25H,11-14H2,1H3. The normalized spacial score (nSPS) is 20.1. The molecule has 4 rings (SSSR count). The van der Waals surface area contributed by atoms with Crippen molar-refractivity contribution in [3.63, 3.8) is 0 Å². The van der Waals surface area contributed by atoms with Crippen molar-refractivity contribution in [1.29, 1.82) is 0 Å². The van der Waals surface area contributed by atoms with Crippen LogP contribution in [-0.4, -0.2) is 39.9 Å². The molecule has 2 unspecified atom stereocenters. The van der Waals surface area contributed by atoms with Crippen LogP contribution in [0.1, 0.15) is 35.3 Å². The number of aliphatic hydroxyl groups is 1. The van der Waals surface area contributed by atoms with E-state index in [1.54, 1.807) is 7.11 Å². The Morgan fingerprint density at radius 3 is 2.63 bits per heavy atom. The van der Waals surface area contributed by atoms with Gasteiger partial charge in [0.2, 0.25) is 5.89 Å². The zero-order valence-corrected chi connectivity index (χ0v) is 15.3. The molecule has 0 spiro atoms. The molecule has 0 bridgehead atoms. The van der Waals surface area contributed by atoms with Crippen molar-refractivity contribution in [2.45, 2.75) is 31.5 Å². The van der Waals surface area contributed by atoms with Crippen LogP contribution in [0.5, 0.6) is 5.75 Å². The highest BCUT2D eigenvalue weighted by atomic mass is 16.5. The maximum Gasteiger partial charge on any atom is 0.244 e. The monoisotopic (exact) mass is 365 g/mol. The van der Waals surface area contributed by atoms with E-state index in [9.17, 15) is 5.11 Å². The summed E-state index contributed by atoms with van der Waals surface area (Å²) in [5.74, 6) is 2.08. The van der Waals surface area contributed by atoms with Crippen molar-refractivity contribution < 1.29 is 14.4 Å². The lowest BCUT2D eigenvalue weighted by Gasteiger charge is -2.21. The Kier molecular flexibility index (Phi) is 5.18. The van der Waals surface area contributed by atoms with Crippen LogP contribution in [0.2, 0.25) is 0 Å². The number of likely N-dealkylation sites (tertiary alicyclic amines) is 1. The van der Waals surface area contributed by atoms with Crippen molar-refractivity contribution in [3.05, 3.63) is 77.4 Å². The van der Waals surface area contributed by atoms with Gasteiger partial charge in [-0.15, -0.1) is 0 Å². The van der Waals surface area contributed by atoms with E-state index in [-0.39, 0.29) is 6.04 Å². The Balaban J connectivity index is 1.47. The summed E-state index contributed by atoms with van der Waals surface area (Å²) in [6.07, 6.45) is 0.846. The number of hydrogen-bond donors (Lipinski definition) is 1. The van der Waals surface area contributed by atoms with Crippen LogP contribution in [-0.2, 0) is 13.0 Å². The predicted octanol–water partition coefficient (Wildman–Crippen LogP) is 2.98. The minimum Gasteiger partial charge on any atom is -0.497 e. The molecule has 2 aromatic carbocycles. The molecular weight excluding hydrogens is 342 g/mol. The molecule has 6 nitrogen and oxygen atoms in total. The van der Waals surface area contributed by atoms with Crippen LogP contribution in [0.4, 0.5) is 0 Å². The summed E-state index contributed by atoms with van der Waals surface area (Å²) in [4.78, 5) is 6.78. The molecule has 1 saturated heterocycles. The van der Waals surface area contributed by atoms with Gasteiger partial charge in [-0.1, -0.05) is 47.6 Å². The Morgan fingerprint density at radius 2 is 1.89 bits per heavy atom. The van der Waals surface area contributed by atoms with Crippen LogP contribution in [0.25, 0.3) is 0 Å². The molecule has 2 heterocycles. The fourth-order valence-corrected chi connectivity index (χ4v) is 3.53. The second kappa shape index (κ2) is 7.90. The molecule has 0 radical (unpaired) electrons. The van der Waals surface area contributed by atoms with Gasteiger partial charge in [0.1, 0.15) is 5.75 Å². The van der Waals surface area contributed by atoms with E-state index in [0.29, 0.717) is 37.6 Å². The predicted molar refractivity (Wildman–Crippen MR) is 100 cm³/mol. The fraction of sp³-hybridized carbons (Fsp3) is 0.333. The highest BCUT2D eigenvalue weighted by molar-refractivity contribution is 5.27. The molecule has 27 heavy (non-hydrogen) atoms. The molecule has 1 N–H and O–H groups in total. The lowest BCUT2D eigenvalue weighted by atomic mass is 10.1. The summed E-state index contributed by atoms with van der Waals surface area (Å²) < 4.78 is 10.8. The van der Waals surface area contributed by atoms with Crippen LogP contribution in [0.15, 0.2) is 59.1 Å². The molecular formula is C21H23N3O3. The largest absolute Gasteiger partial charge is 0.497 e. The summed E-state index contributed by atoms with van der Waals surface area (Å²) in [6.45, 7) is 1.30. The molecule has 1 aliphatic rings. The van der Waals surface area contributed by atoms with E-state index in [1.165, 1.54) is 0 Å². The highest BCUT2D eigenvalue weighted by Gasteiger charge is 2.35. The van der Waals surface area contributed by atoms with Gasteiger partial charge >= 0.3 is 0 Å². The van der Waals surface area contributed by atoms with Gasteiger partial charge in [-0.3, -0.25) is 4.90 Å². The number of ether oxygens (including phenoxy) is 1. The van der Waals surface area contributed by atoms with Crippen LogP contribution < -0.4 is 4.74 Å². The average Bonchev–Trinajstić information content (AvgIpc) is 3.29. The number of nitrogens with zero attached hydrogens (tertiary/aromatic N) is 3. The van der Waals surface area contributed by atoms with Gasteiger partial charge in [0, 0.05) is 19.5 Å².